The van der Waals surface area contributed by atoms with Crippen LogP contribution in [0.4, 0.5) is 0 Å². The first-order chi connectivity index (χ1) is 47.1. The Bertz CT molecular complexity index is 3160. The van der Waals surface area contributed by atoms with Gasteiger partial charge >= 0.3 is 0 Å². The Morgan fingerprint density at radius 3 is 1.01 bits per heavy atom. The summed E-state index contributed by atoms with van der Waals surface area (Å²) in [6.07, 6.45) is -34.9. The molecule has 0 saturated carbocycles. The molecular weight excluding hydrogens is 1460 g/mol. The van der Waals surface area contributed by atoms with Gasteiger partial charge in [0.1, 0.15) is 61.0 Å². The van der Waals surface area contributed by atoms with Crippen molar-refractivity contribution in [1.82, 2.24) is 0 Å². The molecule has 40 nitrogen and oxygen atoms in total. The van der Waals surface area contributed by atoms with Crippen LogP contribution in [0, 0.1) is 53.3 Å². The van der Waals surface area contributed by atoms with E-state index in [1.807, 2.05) is 6.92 Å². The first kappa shape index (κ1) is 87.3. The van der Waals surface area contributed by atoms with Crippen LogP contribution in [0.5, 0.6) is 0 Å². The van der Waals surface area contributed by atoms with E-state index in [0.717, 1.165) is 0 Å². The van der Waals surface area contributed by atoms with Gasteiger partial charge < -0.3 is 135 Å². The minimum Gasteiger partial charge on any atom is -0.726 e. The lowest BCUT2D eigenvalue weighted by molar-refractivity contribution is -0.376. The van der Waals surface area contributed by atoms with E-state index < -0.39 is 288 Å². The second-order valence-electron chi connectivity index (χ2n) is 27.4. The molecule has 38 atom stereocenters. The van der Waals surface area contributed by atoms with Crippen LogP contribution in [0.3, 0.4) is 0 Å². The summed E-state index contributed by atoms with van der Waals surface area (Å²) in [4.78, 5) is 0. The highest BCUT2D eigenvalue weighted by Gasteiger charge is 2.56. The van der Waals surface area contributed by atoms with E-state index in [4.69, 9.17) is 71.1 Å². The van der Waals surface area contributed by atoms with Gasteiger partial charge in [-0.2, -0.15) is 0 Å². The molecule has 44 heteroatoms. The van der Waals surface area contributed by atoms with E-state index in [0.29, 0.717) is 5.76 Å². The van der Waals surface area contributed by atoms with Crippen molar-refractivity contribution in [3.63, 3.8) is 0 Å². The van der Waals surface area contributed by atoms with Crippen LogP contribution < -0.4 is 0 Å². The molecule has 8 heterocycles. The monoisotopic (exact) mass is 1560 g/mol. The molecule has 15 unspecified atom stereocenters. The zero-order chi connectivity index (χ0) is 76.5. The molecule has 0 bridgehead atoms. The third kappa shape index (κ3) is 22.2. The Morgan fingerprint density at radius 1 is 0.333 bits per heavy atom. The van der Waals surface area contributed by atoms with Crippen LogP contribution in [0.15, 0.2) is 11.8 Å². The Morgan fingerprint density at radius 2 is 0.627 bits per heavy atom. The normalized spacial score (nSPS) is 47.1. The Kier molecular flexibility index (Phi) is 30.7. The molecule has 0 aromatic rings. The molecule has 0 aliphatic carbocycles. The number of aliphatic hydroxyl groups is 9. The number of hydrogen-bond acceptors (Lipinski definition) is 40. The average Bonchev–Trinajstić information content (AvgIpc) is 0.793. The Labute approximate surface area is 591 Å². The van der Waals surface area contributed by atoms with Crippen LogP contribution in [0.1, 0.15) is 90.0 Å². The molecule has 8 rings (SSSR count). The van der Waals surface area contributed by atoms with E-state index in [1.54, 1.807) is 41.5 Å². The predicted molar refractivity (Wildman–Crippen MR) is 328 cm³/mol. The summed E-state index contributed by atoms with van der Waals surface area (Å²) >= 11 is 0. The lowest BCUT2D eigenvalue weighted by Crippen LogP contribution is -2.64. The van der Waals surface area contributed by atoms with Gasteiger partial charge in [-0.3, -0.25) is 16.7 Å². The van der Waals surface area contributed by atoms with Crippen molar-refractivity contribution in [2.45, 2.75) is 269 Å². The maximum absolute atomic E-state index is 11.8. The van der Waals surface area contributed by atoms with Gasteiger partial charge in [-0.15, -0.1) is 0 Å². The van der Waals surface area contributed by atoms with Crippen molar-refractivity contribution >= 4 is 41.6 Å². The van der Waals surface area contributed by atoms with Crippen molar-refractivity contribution in [1.29, 1.82) is 0 Å². The van der Waals surface area contributed by atoms with Crippen molar-refractivity contribution in [2.24, 2.45) is 53.3 Å². The van der Waals surface area contributed by atoms with Gasteiger partial charge in [0, 0.05) is 54.5 Å². The van der Waals surface area contributed by atoms with Gasteiger partial charge in [0.05, 0.1) is 99.3 Å². The number of rotatable bonds is 25. The third-order valence-electron chi connectivity index (χ3n) is 20.0. The molecule has 0 amide bonds. The number of aliphatic hydroxyl groups excluding tert-OH is 9. The molecule has 7 fully saturated rings. The van der Waals surface area contributed by atoms with Crippen LogP contribution in [0.2, 0.25) is 0 Å². The number of methoxy groups -OCH3 is 1. The summed E-state index contributed by atoms with van der Waals surface area (Å²) in [6, 6.07) is 0. The molecule has 0 aromatic carbocycles. The minimum atomic E-state index is -5.37. The van der Waals surface area contributed by atoms with E-state index in [1.165, 1.54) is 54.7 Å². The highest BCUT2D eigenvalue weighted by atomic mass is 32.3. The molecule has 0 radical (unpaired) electrons. The molecule has 0 spiro atoms. The third-order valence-corrected chi connectivity index (χ3v) is 21.7. The van der Waals surface area contributed by atoms with E-state index in [2.05, 4.69) is 16.7 Å². The molecule has 9 N–H and O–H groups in total. The summed E-state index contributed by atoms with van der Waals surface area (Å²) in [6.45, 7) is 17.0. The summed E-state index contributed by atoms with van der Waals surface area (Å²) < 4.78 is 243. The summed E-state index contributed by atoms with van der Waals surface area (Å²) in [5.74, 6) is -6.46. The topological polar surface area (TPSA) is 586 Å². The molecular formula is C58H98O40S4-4. The van der Waals surface area contributed by atoms with Crippen molar-refractivity contribution < 1.29 is 186 Å². The molecule has 8 aliphatic heterocycles. The van der Waals surface area contributed by atoms with Crippen LogP contribution in [0.25, 0.3) is 0 Å². The smallest absolute Gasteiger partial charge is 0.217 e. The van der Waals surface area contributed by atoms with Crippen molar-refractivity contribution in [3.05, 3.63) is 11.8 Å². The van der Waals surface area contributed by atoms with Crippen LogP contribution in [-0.2, 0) is 129 Å². The van der Waals surface area contributed by atoms with Gasteiger partial charge in [-0.25, -0.2) is 33.7 Å². The zero-order valence-corrected chi connectivity index (χ0v) is 61.4. The number of ether oxygens (including phenoxy) is 15. The lowest BCUT2D eigenvalue weighted by atomic mass is 9.84. The zero-order valence-electron chi connectivity index (χ0n) is 58.2. The minimum absolute atomic E-state index is 0.305. The number of hydrogen-bond donors (Lipinski definition) is 9. The summed E-state index contributed by atoms with van der Waals surface area (Å²) in [5.41, 5.74) is 0. The van der Waals surface area contributed by atoms with Crippen LogP contribution in [-0.4, -0.2) is 310 Å². The molecule has 598 valence electrons. The Hall–Kier alpha value is -1.90. The van der Waals surface area contributed by atoms with Gasteiger partial charge in [0.2, 0.25) is 47.9 Å². The maximum Gasteiger partial charge on any atom is 0.217 e. The fourth-order valence-corrected chi connectivity index (χ4v) is 14.4. The fraction of sp³-hybridized carbons (Fsp3) is 0.966. The van der Waals surface area contributed by atoms with Gasteiger partial charge in [-0.05, 0) is 39.7 Å². The quantitative estimate of drug-likeness (QED) is 0.0309. The largest absolute Gasteiger partial charge is 0.726 e. The van der Waals surface area contributed by atoms with Crippen molar-refractivity contribution in [3.8, 4) is 0 Å². The summed E-state index contributed by atoms with van der Waals surface area (Å²) in [7, 11) is -19.4. The lowest BCUT2D eigenvalue weighted by Gasteiger charge is -2.51. The molecule has 102 heavy (non-hydrogen) atoms. The fourth-order valence-electron chi connectivity index (χ4n) is 13.2. The highest BCUT2D eigenvalue weighted by molar-refractivity contribution is 7.81. The van der Waals surface area contributed by atoms with E-state index in [9.17, 15) is 97.8 Å². The standard InChI is InChI=1S/C44H76O29S3.C14H26O11S/c1-16-12-26(45)19(4)40(63-16)72-37-28(14-61-75(53,54)55)67-43(22(7)32(37)48)71-36-25(10)65-42(21(6)31(36)47)73-38-29(15-62-76(56,57)58)68-44(23(8)33(38)49)70-35-24(9)64-41(20(5)30(35)46)69-34-17(2)18(3)39(59-11)66-27(34)13-60-74(50,51)52;1-5-10(16)12(8(24-13(5)18)4-22-26(19,20)21)25-14-6(2)9(15)11(17)7(3)23-14/h12,17-49H,13-15H2,1-11H3,(H,50,51,52)(H,53,54,55)(H,56,57,58);5-18H,4H2,1-3H3,(H,19,20,21)/p-4/t17-,18?,19?,20?,21?,22?,23?,24?,25?,26-,27?,28?,29?,30+,31+,32-,33-,34+,35+,36+,37-,38-,39+,40+,41+,42+,43-,44-;5?,6?,7?,8?,9-,10+,11-,12+,13+,14-/m10/s1. The first-order valence-electron chi connectivity index (χ1n) is 33.0. The highest BCUT2D eigenvalue weighted by Crippen LogP contribution is 2.43. The SMILES string of the molecule is CC1[C@H](O)OC(COS(=O)(=O)[O-])[C@@H](O[C@@H]2OC(C)[C@H](O)[C@@H](O)C2C)[C@@H]1O.CO[C@H]1OC(COS(=O)(=O)[O-])[C@@H](O[C@@H]2OC(C)[C@H](O[C@H]3OC(COS(=O)(=O)[O-])[C@@H](O[C@@H]4OC(C)[C@H](O[C@H]5OC(COS(=O)(=O)[O-])[C@@H](O[C@@H]6OC(C)=C[C@@H](O)C6C)[C@H](O)C5C)[C@@H](O)C4C)[C@H](O)C3C)[C@@H](O)C2C)[C@H](C)C1C. The second kappa shape index (κ2) is 35.9. The van der Waals surface area contributed by atoms with E-state index >= 15 is 0 Å². The van der Waals surface area contributed by atoms with Gasteiger partial charge in [0.25, 0.3) is 0 Å². The average molecular weight is 1560 g/mol. The molecule has 0 aromatic heterocycles. The maximum atomic E-state index is 11.8. The molecule has 7 saturated heterocycles. The Balaban J connectivity index is 0.000000469. The van der Waals surface area contributed by atoms with Gasteiger partial charge in [-0.1, -0.05) is 62.3 Å². The number of allylic oxidation sites excluding steroid dienone is 1. The molecule has 8 aliphatic rings. The first-order valence-corrected chi connectivity index (χ1v) is 38.4. The van der Waals surface area contributed by atoms with Gasteiger partial charge in [0.15, 0.2) is 44.0 Å². The van der Waals surface area contributed by atoms with E-state index in [-0.39, 0.29) is 11.8 Å². The second-order valence-corrected chi connectivity index (χ2v) is 31.6. The van der Waals surface area contributed by atoms with Crippen molar-refractivity contribution in [2.75, 3.05) is 33.5 Å². The summed E-state index contributed by atoms with van der Waals surface area (Å²) in [5, 5.41) is 97.5. The predicted octanol–water partition coefficient (Wildman–Crippen LogP) is -4.16. The van der Waals surface area contributed by atoms with Crippen LogP contribution >= 0.6 is 0 Å².